The van der Waals surface area contributed by atoms with Gasteiger partial charge >= 0.3 is 0 Å². The maximum absolute atomic E-state index is 14.1. The molecule has 0 amide bonds. The predicted molar refractivity (Wildman–Crippen MR) is 88.2 cm³/mol. The van der Waals surface area contributed by atoms with Crippen LogP contribution < -0.4 is 4.90 Å². The number of hydrogen-bond donors (Lipinski definition) is 1. The number of hydrogen-bond acceptors (Lipinski definition) is 2. The van der Waals surface area contributed by atoms with Gasteiger partial charge in [-0.2, -0.15) is 0 Å². The Hall–Kier alpha value is -1.09. The third-order valence-corrected chi connectivity index (χ3v) is 3.74. The molecule has 0 fully saturated rings. The Bertz CT molecular complexity index is 417. The molecule has 1 aromatic rings. The van der Waals surface area contributed by atoms with Gasteiger partial charge in [-0.25, -0.2) is 4.39 Å². The highest BCUT2D eigenvalue weighted by Gasteiger charge is 2.18. The van der Waals surface area contributed by atoms with E-state index in [4.69, 9.17) is 0 Å². The number of halogens is 1. The minimum Gasteiger partial charge on any atom is -0.389 e. The summed E-state index contributed by atoms with van der Waals surface area (Å²) >= 11 is 0. The van der Waals surface area contributed by atoms with Gasteiger partial charge in [0.15, 0.2) is 0 Å². The van der Waals surface area contributed by atoms with Gasteiger partial charge in [-0.3, -0.25) is 0 Å². The van der Waals surface area contributed by atoms with Crippen molar-refractivity contribution in [3.8, 4) is 0 Å². The molecule has 1 atom stereocenters. The number of benzene rings is 1. The first-order valence-corrected chi connectivity index (χ1v) is 8.04. The molecule has 120 valence electrons. The first kappa shape index (κ1) is 18.0. The van der Waals surface area contributed by atoms with Gasteiger partial charge in [0, 0.05) is 24.3 Å². The quantitative estimate of drug-likeness (QED) is 0.746. The van der Waals surface area contributed by atoms with Crippen molar-refractivity contribution in [2.45, 2.75) is 53.6 Å². The summed E-state index contributed by atoms with van der Waals surface area (Å²) in [4.78, 5) is 2.23. The van der Waals surface area contributed by atoms with E-state index in [0.29, 0.717) is 17.4 Å². The normalized spacial score (nSPS) is 13.0. The Morgan fingerprint density at radius 3 is 1.95 bits per heavy atom. The second-order valence-corrected chi connectivity index (χ2v) is 6.70. The SMILES string of the molecule is CC(C)CCN(CCC(C)C)c1cccc(F)c1[C@H](C)O. The number of rotatable bonds is 8. The maximum Gasteiger partial charge on any atom is 0.131 e. The number of aliphatic hydroxyl groups is 1. The molecule has 0 aliphatic heterocycles. The molecule has 0 unspecified atom stereocenters. The van der Waals surface area contributed by atoms with Gasteiger partial charge in [0.1, 0.15) is 5.82 Å². The van der Waals surface area contributed by atoms with Crippen molar-refractivity contribution < 1.29 is 9.50 Å². The molecule has 0 radical (unpaired) electrons. The molecule has 0 spiro atoms. The number of aliphatic hydroxyl groups excluding tert-OH is 1. The lowest BCUT2D eigenvalue weighted by Gasteiger charge is -2.29. The molecule has 21 heavy (non-hydrogen) atoms. The Labute approximate surface area is 129 Å². The van der Waals surface area contributed by atoms with Crippen molar-refractivity contribution in [3.05, 3.63) is 29.6 Å². The van der Waals surface area contributed by atoms with Crippen LogP contribution in [0.1, 0.15) is 59.1 Å². The summed E-state index contributed by atoms with van der Waals surface area (Å²) in [6.07, 6.45) is 1.34. The zero-order valence-corrected chi connectivity index (χ0v) is 14.1. The van der Waals surface area contributed by atoms with Crippen LogP contribution >= 0.6 is 0 Å². The third-order valence-electron chi connectivity index (χ3n) is 3.74. The van der Waals surface area contributed by atoms with Crippen molar-refractivity contribution in [1.29, 1.82) is 0 Å². The summed E-state index contributed by atoms with van der Waals surface area (Å²) < 4.78 is 14.1. The monoisotopic (exact) mass is 295 g/mol. The van der Waals surface area contributed by atoms with Crippen LogP contribution in [-0.4, -0.2) is 18.2 Å². The number of anilines is 1. The topological polar surface area (TPSA) is 23.5 Å². The zero-order valence-electron chi connectivity index (χ0n) is 14.1. The van der Waals surface area contributed by atoms with Crippen molar-refractivity contribution in [2.24, 2.45) is 11.8 Å². The molecule has 1 aromatic carbocycles. The Balaban J connectivity index is 3.03. The standard InChI is InChI=1S/C18H30FNO/c1-13(2)9-11-20(12-10-14(3)4)17-8-6-7-16(19)18(17)15(5)21/h6-8,13-15,21H,9-12H2,1-5H3/t15-/m0/s1. The molecule has 0 aliphatic carbocycles. The first-order valence-electron chi connectivity index (χ1n) is 8.04. The highest BCUT2D eigenvalue weighted by Crippen LogP contribution is 2.30. The second-order valence-electron chi connectivity index (χ2n) is 6.70. The largest absolute Gasteiger partial charge is 0.389 e. The van der Waals surface area contributed by atoms with E-state index in [1.54, 1.807) is 13.0 Å². The molecule has 0 bridgehead atoms. The van der Waals surface area contributed by atoms with Crippen LogP contribution in [-0.2, 0) is 0 Å². The van der Waals surface area contributed by atoms with Gasteiger partial charge in [-0.1, -0.05) is 33.8 Å². The molecule has 1 rings (SSSR count). The number of nitrogens with zero attached hydrogens (tertiary/aromatic N) is 1. The van der Waals surface area contributed by atoms with Crippen LogP contribution in [0.25, 0.3) is 0 Å². The molecule has 0 aromatic heterocycles. The Kier molecular flexibility index (Phi) is 7.16. The molecule has 0 saturated heterocycles. The highest BCUT2D eigenvalue weighted by atomic mass is 19.1. The van der Waals surface area contributed by atoms with Gasteiger partial charge < -0.3 is 10.0 Å². The van der Waals surface area contributed by atoms with Crippen LogP contribution in [0.5, 0.6) is 0 Å². The lowest BCUT2D eigenvalue weighted by atomic mass is 10.0. The van der Waals surface area contributed by atoms with Gasteiger partial charge in [-0.05, 0) is 43.7 Å². The molecule has 0 heterocycles. The van der Waals surface area contributed by atoms with E-state index < -0.39 is 6.10 Å². The average Bonchev–Trinajstić information content (AvgIpc) is 2.37. The Morgan fingerprint density at radius 1 is 1.00 bits per heavy atom. The van der Waals surface area contributed by atoms with Crippen LogP contribution in [0.15, 0.2) is 18.2 Å². The van der Waals surface area contributed by atoms with E-state index >= 15 is 0 Å². The average molecular weight is 295 g/mol. The van der Waals surface area contributed by atoms with Gasteiger partial charge in [0.2, 0.25) is 0 Å². The van der Waals surface area contributed by atoms with Crippen molar-refractivity contribution in [3.63, 3.8) is 0 Å². The van der Waals surface area contributed by atoms with Crippen LogP contribution in [0.2, 0.25) is 0 Å². The fraction of sp³-hybridized carbons (Fsp3) is 0.667. The summed E-state index contributed by atoms with van der Waals surface area (Å²) in [5, 5.41) is 9.92. The molecule has 3 heteroatoms. The highest BCUT2D eigenvalue weighted by molar-refractivity contribution is 5.55. The maximum atomic E-state index is 14.1. The fourth-order valence-corrected chi connectivity index (χ4v) is 2.40. The Morgan fingerprint density at radius 2 is 1.52 bits per heavy atom. The summed E-state index contributed by atoms with van der Waals surface area (Å²) in [6, 6.07) is 5.08. The molecule has 0 aliphatic rings. The third kappa shape index (κ3) is 5.66. The van der Waals surface area contributed by atoms with E-state index in [9.17, 15) is 9.50 Å². The molecule has 1 N–H and O–H groups in total. The lowest BCUT2D eigenvalue weighted by molar-refractivity contribution is 0.194. The van der Waals surface area contributed by atoms with Gasteiger partial charge in [0.25, 0.3) is 0 Å². The smallest absolute Gasteiger partial charge is 0.131 e. The van der Waals surface area contributed by atoms with Crippen LogP contribution in [0.4, 0.5) is 10.1 Å². The van der Waals surface area contributed by atoms with E-state index in [0.717, 1.165) is 31.6 Å². The van der Waals surface area contributed by atoms with E-state index in [2.05, 4.69) is 32.6 Å². The summed E-state index contributed by atoms with van der Waals surface area (Å²) in [5.41, 5.74) is 1.26. The summed E-state index contributed by atoms with van der Waals surface area (Å²) in [7, 11) is 0. The van der Waals surface area contributed by atoms with Crippen LogP contribution in [0.3, 0.4) is 0 Å². The van der Waals surface area contributed by atoms with E-state index in [1.165, 1.54) is 6.07 Å². The summed E-state index contributed by atoms with van der Waals surface area (Å²) in [5.74, 6) is 0.895. The van der Waals surface area contributed by atoms with Gasteiger partial charge in [-0.15, -0.1) is 0 Å². The van der Waals surface area contributed by atoms with E-state index in [1.807, 2.05) is 6.07 Å². The minimum atomic E-state index is -0.790. The zero-order chi connectivity index (χ0) is 16.0. The lowest BCUT2D eigenvalue weighted by Crippen LogP contribution is -2.29. The second kappa shape index (κ2) is 8.38. The van der Waals surface area contributed by atoms with Crippen molar-refractivity contribution in [1.82, 2.24) is 0 Å². The van der Waals surface area contributed by atoms with E-state index in [-0.39, 0.29) is 5.82 Å². The van der Waals surface area contributed by atoms with Crippen LogP contribution in [0, 0.1) is 17.7 Å². The van der Waals surface area contributed by atoms with Gasteiger partial charge in [0.05, 0.1) is 6.10 Å². The molecular formula is C18H30FNO. The first-order chi connectivity index (χ1) is 9.82. The van der Waals surface area contributed by atoms with Crippen molar-refractivity contribution in [2.75, 3.05) is 18.0 Å². The van der Waals surface area contributed by atoms with Crippen molar-refractivity contribution >= 4 is 5.69 Å². The molecule has 2 nitrogen and oxygen atoms in total. The predicted octanol–water partition coefficient (Wildman–Crippen LogP) is 4.78. The molecular weight excluding hydrogens is 265 g/mol. The minimum absolute atomic E-state index is 0.318. The molecule has 0 saturated carbocycles. The fourth-order valence-electron chi connectivity index (χ4n) is 2.40. The summed E-state index contributed by atoms with van der Waals surface area (Å²) in [6.45, 7) is 12.2.